The lowest BCUT2D eigenvalue weighted by molar-refractivity contribution is -0.383. The molecule has 0 aliphatic carbocycles. The van der Waals surface area contributed by atoms with Crippen molar-refractivity contribution in [1.29, 1.82) is 0 Å². The largest absolute Gasteiger partial charge is 0.492 e. The Morgan fingerprint density at radius 2 is 1.74 bits per heavy atom. The number of anilines is 4. The Balaban J connectivity index is 2.02. The summed E-state index contributed by atoms with van der Waals surface area (Å²) in [6, 6.07) is 9.31. The van der Waals surface area contributed by atoms with Crippen LogP contribution >= 0.6 is 11.6 Å². The molecule has 3 aromatic rings. The standard InChI is InChI=1S/C19H15ClF3N5O3/c1-2-31-15-6-4-3-5-13(15)26-17-16(28(29)30)18(25-10-24-17)27-14-9-11(19(21,22)23)7-8-12(14)20/h3-10H,2H2,1H3,(H2,24,25,26,27). The van der Waals surface area contributed by atoms with E-state index >= 15 is 0 Å². The SMILES string of the molecule is CCOc1ccccc1Nc1ncnc(Nc2cc(C(F)(F)F)ccc2Cl)c1[N+](=O)[O-]. The van der Waals surface area contributed by atoms with Crippen molar-refractivity contribution in [2.75, 3.05) is 17.2 Å². The molecule has 1 heterocycles. The summed E-state index contributed by atoms with van der Waals surface area (Å²) in [5.74, 6) is -0.0799. The van der Waals surface area contributed by atoms with Crippen LogP contribution in [0.1, 0.15) is 12.5 Å². The maximum Gasteiger partial charge on any atom is 0.416 e. The van der Waals surface area contributed by atoms with Gasteiger partial charge in [-0.3, -0.25) is 10.1 Å². The number of halogens is 4. The van der Waals surface area contributed by atoms with E-state index in [1.807, 2.05) is 0 Å². The highest BCUT2D eigenvalue weighted by molar-refractivity contribution is 6.33. The van der Waals surface area contributed by atoms with E-state index in [0.717, 1.165) is 24.5 Å². The van der Waals surface area contributed by atoms with Crippen molar-refractivity contribution in [2.45, 2.75) is 13.1 Å². The zero-order valence-electron chi connectivity index (χ0n) is 15.9. The van der Waals surface area contributed by atoms with Crippen LogP contribution in [0.3, 0.4) is 0 Å². The number of nitrogens with one attached hydrogen (secondary N) is 2. The second kappa shape index (κ2) is 9.04. The molecule has 0 unspecified atom stereocenters. The minimum absolute atomic E-state index is 0.0721. The van der Waals surface area contributed by atoms with Gasteiger partial charge in [-0.2, -0.15) is 13.2 Å². The maximum atomic E-state index is 13.0. The molecule has 2 aromatic carbocycles. The van der Waals surface area contributed by atoms with Gasteiger partial charge in [-0.05, 0) is 37.3 Å². The van der Waals surface area contributed by atoms with Crippen molar-refractivity contribution in [3.05, 3.63) is 69.5 Å². The Morgan fingerprint density at radius 3 is 2.35 bits per heavy atom. The first-order valence-corrected chi connectivity index (χ1v) is 9.20. The Morgan fingerprint density at radius 1 is 1.10 bits per heavy atom. The van der Waals surface area contributed by atoms with E-state index in [-0.39, 0.29) is 22.3 Å². The van der Waals surface area contributed by atoms with Gasteiger partial charge in [-0.25, -0.2) is 9.97 Å². The molecule has 8 nitrogen and oxygen atoms in total. The molecule has 1 aromatic heterocycles. The van der Waals surface area contributed by atoms with E-state index in [1.165, 1.54) is 0 Å². The van der Waals surface area contributed by atoms with Gasteiger partial charge in [0, 0.05) is 0 Å². The molecule has 0 spiro atoms. The summed E-state index contributed by atoms with van der Waals surface area (Å²) in [4.78, 5) is 18.7. The fourth-order valence-electron chi connectivity index (χ4n) is 2.64. The monoisotopic (exact) mass is 453 g/mol. The second-order valence-corrected chi connectivity index (χ2v) is 6.46. The van der Waals surface area contributed by atoms with Gasteiger partial charge in [0.1, 0.15) is 12.1 Å². The van der Waals surface area contributed by atoms with Crippen molar-refractivity contribution in [3.8, 4) is 5.75 Å². The van der Waals surface area contributed by atoms with Crippen LogP contribution in [0.2, 0.25) is 5.02 Å². The molecular weight excluding hydrogens is 439 g/mol. The lowest BCUT2D eigenvalue weighted by atomic mass is 10.2. The van der Waals surface area contributed by atoms with Gasteiger partial charge < -0.3 is 15.4 Å². The molecule has 0 atom stereocenters. The van der Waals surface area contributed by atoms with Gasteiger partial charge >= 0.3 is 11.9 Å². The van der Waals surface area contributed by atoms with Gasteiger partial charge in [0.15, 0.2) is 0 Å². The van der Waals surface area contributed by atoms with Crippen LogP contribution in [0.5, 0.6) is 5.75 Å². The average Bonchev–Trinajstić information content (AvgIpc) is 2.70. The number of alkyl halides is 3. The van der Waals surface area contributed by atoms with Crippen LogP contribution in [-0.2, 0) is 6.18 Å². The van der Waals surface area contributed by atoms with Crippen molar-refractivity contribution < 1.29 is 22.8 Å². The molecule has 0 radical (unpaired) electrons. The van der Waals surface area contributed by atoms with E-state index in [4.69, 9.17) is 16.3 Å². The summed E-state index contributed by atoms with van der Waals surface area (Å²) in [6.45, 7) is 2.15. The Bertz CT molecular complexity index is 1110. The van der Waals surface area contributed by atoms with Crippen molar-refractivity contribution in [1.82, 2.24) is 9.97 Å². The molecule has 0 bridgehead atoms. The molecular formula is C19H15ClF3N5O3. The average molecular weight is 454 g/mol. The predicted octanol–water partition coefficient (Wildman–Crippen LogP) is 5.94. The molecule has 0 amide bonds. The highest BCUT2D eigenvalue weighted by Crippen LogP contribution is 2.38. The van der Waals surface area contributed by atoms with E-state index in [1.54, 1.807) is 31.2 Å². The van der Waals surface area contributed by atoms with Crippen LogP contribution in [0.15, 0.2) is 48.8 Å². The minimum atomic E-state index is -4.62. The number of ether oxygens (including phenoxy) is 1. The molecule has 3 rings (SSSR count). The molecule has 162 valence electrons. The molecule has 31 heavy (non-hydrogen) atoms. The third-order valence-electron chi connectivity index (χ3n) is 3.99. The summed E-state index contributed by atoms with van der Waals surface area (Å²) in [7, 11) is 0. The molecule has 0 saturated heterocycles. The first-order chi connectivity index (χ1) is 14.7. The van der Waals surface area contributed by atoms with Crippen molar-refractivity contribution in [2.24, 2.45) is 0 Å². The number of nitrogens with zero attached hydrogens (tertiary/aromatic N) is 3. The number of hydrogen-bond acceptors (Lipinski definition) is 7. The third kappa shape index (κ3) is 5.12. The van der Waals surface area contributed by atoms with Gasteiger partial charge in [0.05, 0.1) is 33.5 Å². The number of nitro groups is 1. The maximum absolute atomic E-state index is 13.0. The summed E-state index contributed by atoms with van der Waals surface area (Å²) in [5.41, 5.74) is -1.34. The number of aromatic nitrogens is 2. The quantitative estimate of drug-likeness (QED) is 0.337. The van der Waals surface area contributed by atoms with E-state index in [2.05, 4.69) is 20.6 Å². The van der Waals surface area contributed by atoms with E-state index in [9.17, 15) is 23.3 Å². The Labute approximate surface area is 179 Å². The molecule has 2 N–H and O–H groups in total. The summed E-state index contributed by atoms with van der Waals surface area (Å²) >= 11 is 5.98. The van der Waals surface area contributed by atoms with Gasteiger partial charge in [-0.15, -0.1) is 0 Å². The highest BCUT2D eigenvalue weighted by Gasteiger charge is 2.31. The fraction of sp³-hybridized carbons (Fsp3) is 0.158. The van der Waals surface area contributed by atoms with Gasteiger partial charge in [0.2, 0.25) is 11.6 Å². The molecule has 0 fully saturated rings. The number of hydrogen-bond donors (Lipinski definition) is 2. The first kappa shape index (κ1) is 22.1. The summed E-state index contributed by atoms with van der Waals surface area (Å²) < 4.78 is 44.6. The number of rotatable bonds is 7. The molecule has 0 aliphatic heterocycles. The van der Waals surface area contributed by atoms with Crippen LogP contribution in [-0.4, -0.2) is 21.5 Å². The second-order valence-electron chi connectivity index (χ2n) is 6.05. The lowest BCUT2D eigenvalue weighted by Gasteiger charge is -2.14. The van der Waals surface area contributed by atoms with Crippen molar-refractivity contribution >= 4 is 40.3 Å². The summed E-state index contributed by atoms with van der Waals surface area (Å²) in [5, 5.41) is 17.0. The zero-order valence-corrected chi connectivity index (χ0v) is 16.7. The molecule has 0 aliphatic rings. The fourth-order valence-corrected chi connectivity index (χ4v) is 2.80. The topological polar surface area (TPSA) is 102 Å². The Hall–Kier alpha value is -3.60. The van der Waals surface area contributed by atoms with E-state index < -0.39 is 22.4 Å². The lowest BCUT2D eigenvalue weighted by Crippen LogP contribution is -2.08. The number of benzene rings is 2. The van der Waals surface area contributed by atoms with Crippen LogP contribution in [0, 0.1) is 10.1 Å². The number of para-hydroxylation sites is 2. The molecule has 0 saturated carbocycles. The highest BCUT2D eigenvalue weighted by atomic mass is 35.5. The third-order valence-corrected chi connectivity index (χ3v) is 4.32. The van der Waals surface area contributed by atoms with Gasteiger partial charge in [0.25, 0.3) is 0 Å². The molecule has 12 heteroatoms. The Kier molecular flexibility index (Phi) is 6.44. The van der Waals surface area contributed by atoms with Crippen molar-refractivity contribution in [3.63, 3.8) is 0 Å². The zero-order chi connectivity index (χ0) is 22.6. The van der Waals surface area contributed by atoms with Crippen LogP contribution in [0.25, 0.3) is 0 Å². The smallest absolute Gasteiger partial charge is 0.416 e. The summed E-state index contributed by atoms with van der Waals surface area (Å²) in [6.07, 6.45) is -3.59. The normalized spacial score (nSPS) is 11.1. The van der Waals surface area contributed by atoms with E-state index in [0.29, 0.717) is 18.0 Å². The van der Waals surface area contributed by atoms with Crippen LogP contribution < -0.4 is 15.4 Å². The predicted molar refractivity (Wildman–Crippen MR) is 109 cm³/mol. The first-order valence-electron chi connectivity index (χ1n) is 8.82. The van der Waals surface area contributed by atoms with Crippen LogP contribution in [0.4, 0.5) is 41.9 Å². The minimum Gasteiger partial charge on any atom is -0.492 e. The van der Waals surface area contributed by atoms with Gasteiger partial charge in [-0.1, -0.05) is 23.7 Å².